The predicted octanol–water partition coefficient (Wildman–Crippen LogP) is 6.62. The van der Waals surface area contributed by atoms with Crippen molar-refractivity contribution in [1.29, 1.82) is 0 Å². The van der Waals surface area contributed by atoms with Crippen molar-refractivity contribution in [3.63, 3.8) is 0 Å². The molecular formula is C19H35NO. The Morgan fingerprint density at radius 3 is 1.67 bits per heavy atom. The van der Waals surface area contributed by atoms with Gasteiger partial charge in [-0.15, -0.1) is 0 Å². The molecule has 0 saturated heterocycles. The maximum Gasteiger partial charge on any atom is 0.136 e. The molecule has 0 unspecified atom stereocenters. The molecule has 0 spiro atoms. The van der Waals surface area contributed by atoms with E-state index in [1.165, 1.54) is 83.5 Å². The third kappa shape index (κ3) is 10.6. The van der Waals surface area contributed by atoms with Crippen LogP contribution in [0.2, 0.25) is 0 Å². The first-order valence-electron chi connectivity index (χ1n) is 9.25. The number of nitrogens with zero attached hydrogens (tertiary/aromatic N) is 1. The van der Waals surface area contributed by atoms with Crippen LogP contribution in [0.1, 0.15) is 102 Å². The van der Waals surface area contributed by atoms with Gasteiger partial charge in [0.15, 0.2) is 0 Å². The standard InChI is InChI=1S/C19H35NO/c1-3-4-5-6-7-8-9-10-11-12-13-14-15-16-19-17-18(2)20-21-19/h17H,3-16H2,1-2H3. The topological polar surface area (TPSA) is 26.0 Å². The molecule has 0 amide bonds. The van der Waals surface area contributed by atoms with Gasteiger partial charge in [-0.05, 0) is 13.3 Å². The molecule has 0 aliphatic rings. The molecule has 1 aromatic rings. The maximum absolute atomic E-state index is 5.22. The highest BCUT2D eigenvalue weighted by Gasteiger charge is 2.00. The zero-order valence-electron chi connectivity index (χ0n) is 14.3. The van der Waals surface area contributed by atoms with Crippen LogP contribution in [0.5, 0.6) is 0 Å². The fraction of sp³-hybridized carbons (Fsp3) is 0.842. The number of hydrogen-bond donors (Lipinski definition) is 0. The average molecular weight is 293 g/mol. The van der Waals surface area contributed by atoms with Crippen molar-refractivity contribution in [2.24, 2.45) is 0 Å². The van der Waals surface area contributed by atoms with E-state index in [1.807, 2.05) is 6.92 Å². The summed E-state index contributed by atoms with van der Waals surface area (Å²) in [5.41, 5.74) is 1.000. The monoisotopic (exact) mass is 293 g/mol. The molecule has 0 aliphatic carbocycles. The summed E-state index contributed by atoms with van der Waals surface area (Å²) in [5, 5.41) is 3.92. The Bertz CT molecular complexity index is 332. The molecule has 0 saturated carbocycles. The Balaban J connectivity index is 1.74. The highest BCUT2D eigenvalue weighted by atomic mass is 16.5. The van der Waals surface area contributed by atoms with Gasteiger partial charge in [0.05, 0.1) is 5.69 Å². The van der Waals surface area contributed by atoms with Crippen LogP contribution in [0, 0.1) is 6.92 Å². The summed E-state index contributed by atoms with van der Waals surface area (Å²) in [6.45, 7) is 4.27. The van der Waals surface area contributed by atoms with Crippen molar-refractivity contribution in [1.82, 2.24) is 5.16 Å². The molecule has 0 aromatic carbocycles. The smallest absolute Gasteiger partial charge is 0.136 e. The molecule has 0 atom stereocenters. The molecule has 2 heteroatoms. The fourth-order valence-corrected chi connectivity index (χ4v) is 2.85. The first-order chi connectivity index (χ1) is 10.3. The molecular weight excluding hydrogens is 258 g/mol. The molecule has 1 aromatic heterocycles. The quantitative estimate of drug-likeness (QED) is 0.360. The van der Waals surface area contributed by atoms with Crippen molar-refractivity contribution in [3.05, 3.63) is 17.5 Å². The van der Waals surface area contributed by atoms with Gasteiger partial charge in [0.25, 0.3) is 0 Å². The van der Waals surface area contributed by atoms with Gasteiger partial charge in [-0.2, -0.15) is 0 Å². The van der Waals surface area contributed by atoms with E-state index in [9.17, 15) is 0 Å². The highest BCUT2D eigenvalue weighted by Crippen LogP contribution is 2.13. The zero-order valence-corrected chi connectivity index (χ0v) is 14.3. The zero-order chi connectivity index (χ0) is 15.2. The largest absolute Gasteiger partial charge is 0.361 e. The van der Waals surface area contributed by atoms with E-state index in [0.29, 0.717) is 0 Å². The predicted molar refractivity (Wildman–Crippen MR) is 90.6 cm³/mol. The molecule has 1 heterocycles. The highest BCUT2D eigenvalue weighted by molar-refractivity contribution is 5.02. The Morgan fingerprint density at radius 1 is 0.762 bits per heavy atom. The van der Waals surface area contributed by atoms with Crippen LogP contribution < -0.4 is 0 Å². The van der Waals surface area contributed by atoms with Gasteiger partial charge in [-0.25, -0.2) is 0 Å². The van der Waals surface area contributed by atoms with Crippen LogP contribution in [0.4, 0.5) is 0 Å². The lowest BCUT2D eigenvalue weighted by Gasteiger charge is -2.02. The summed E-state index contributed by atoms with van der Waals surface area (Å²) in [4.78, 5) is 0. The van der Waals surface area contributed by atoms with Crippen LogP contribution in [0.3, 0.4) is 0 Å². The van der Waals surface area contributed by atoms with Crippen LogP contribution in [0.15, 0.2) is 10.6 Å². The third-order valence-corrected chi connectivity index (χ3v) is 4.20. The van der Waals surface area contributed by atoms with Gasteiger partial charge in [-0.3, -0.25) is 0 Å². The van der Waals surface area contributed by atoms with Gasteiger partial charge in [-0.1, -0.05) is 89.1 Å². The number of rotatable bonds is 14. The van der Waals surface area contributed by atoms with Crippen LogP contribution in [-0.2, 0) is 6.42 Å². The summed E-state index contributed by atoms with van der Waals surface area (Å²) in [6, 6.07) is 2.06. The lowest BCUT2D eigenvalue weighted by atomic mass is 10.0. The molecule has 21 heavy (non-hydrogen) atoms. The number of hydrogen-bond acceptors (Lipinski definition) is 2. The Hall–Kier alpha value is -0.790. The van der Waals surface area contributed by atoms with E-state index in [0.717, 1.165) is 17.9 Å². The first kappa shape index (κ1) is 18.3. The molecule has 1 rings (SSSR count). The summed E-state index contributed by atoms with van der Waals surface area (Å²) in [5.74, 6) is 1.05. The van der Waals surface area contributed by atoms with Crippen molar-refractivity contribution < 1.29 is 4.52 Å². The van der Waals surface area contributed by atoms with Crippen molar-refractivity contribution in [2.45, 2.75) is 104 Å². The Kier molecular flexibility index (Phi) is 11.2. The van der Waals surface area contributed by atoms with Crippen LogP contribution in [0.25, 0.3) is 0 Å². The van der Waals surface area contributed by atoms with Gasteiger partial charge >= 0.3 is 0 Å². The van der Waals surface area contributed by atoms with E-state index in [2.05, 4.69) is 18.1 Å². The molecule has 122 valence electrons. The van der Waals surface area contributed by atoms with Gasteiger partial charge in [0.1, 0.15) is 5.76 Å². The summed E-state index contributed by atoms with van der Waals surface area (Å²) in [6.07, 6.45) is 19.3. The van der Waals surface area contributed by atoms with Crippen molar-refractivity contribution >= 4 is 0 Å². The molecule has 0 fully saturated rings. The summed E-state index contributed by atoms with van der Waals surface area (Å²) >= 11 is 0. The minimum atomic E-state index is 1.000. The van der Waals surface area contributed by atoms with E-state index < -0.39 is 0 Å². The Morgan fingerprint density at radius 2 is 1.24 bits per heavy atom. The van der Waals surface area contributed by atoms with E-state index >= 15 is 0 Å². The second kappa shape index (κ2) is 12.9. The number of unbranched alkanes of at least 4 members (excludes halogenated alkanes) is 12. The lowest BCUT2D eigenvalue weighted by molar-refractivity contribution is 0.375. The molecule has 0 N–H and O–H groups in total. The van der Waals surface area contributed by atoms with Gasteiger partial charge in [0, 0.05) is 12.5 Å². The summed E-state index contributed by atoms with van der Waals surface area (Å²) in [7, 11) is 0. The minimum absolute atomic E-state index is 1.000. The summed E-state index contributed by atoms with van der Waals surface area (Å²) < 4.78 is 5.22. The van der Waals surface area contributed by atoms with Crippen molar-refractivity contribution in [2.75, 3.05) is 0 Å². The Labute approximate surface area is 131 Å². The second-order valence-corrected chi connectivity index (χ2v) is 6.43. The lowest BCUT2D eigenvalue weighted by Crippen LogP contribution is -1.85. The third-order valence-electron chi connectivity index (χ3n) is 4.20. The minimum Gasteiger partial charge on any atom is -0.361 e. The van der Waals surface area contributed by atoms with Crippen molar-refractivity contribution in [3.8, 4) is 0 Å². The van der Waals surface area contributed by atoms with Crippen LogP contribution in [-0.4, -0.2) is 5.16 Å². The van der Waals surface area contributed by atoms with E-state index in [4.69, 9.17) is 4.52 Å². The normalized spacial score (nSPS) is 11.1. The van der Waals surface area contributed by atoms with E-state index in [1.54, 1.807) is 0 Å². The fourth-order valence-electron chi connectivity index (χ4n) is 2.85. The molecule has 2 nitrogen and oxygen atoms in total. The molecule has 0 aliphatic heterocycles. The number of aromatic nitrogens is 1. The van der Waals surface area contributed by atoms with E-state index in [-0.39, 0.29) is 0 Å². The van der Waals surface area contributed by atoms with Gasteiger partial charge < -0.3 is 4.52 Å². The average Bonchev–Trinajstić information content (AvgIpc) is 2.89. The molecule has 0 radical (unpaired) electrons. The SMILES string of the molecule is CCCCCCCCCCCCCCCc1cc(C)no1. The number of aryl methyl sites for hydroxylation is 2. The second-order valence-electron chi connectivity index (χ2n) is 6.43. The maximum atomic E-state index is 5.22. The first-order valence-corrected chi connectivity index (χ1v) is 9.25. The van der Waals surface area contributed by atoms with Gasteiger partial charge in [0.2, 0.25) is 0 Å². The molecule has 0 bridgehead atoms. The van der Waals surface area contributed by atoms with Crippen LogP contribution >= 0.6 is 0 Å².